The summed E-state index contributed by atoms with van der Waals surface area (Å²) in [5, 5.41) is 5.31. The van der Waals surface area contributed by atoms with Gasteiger partial charge in [-0.3, -0.25) is 19.7 Å². The van der Waals surface area contributed by atoms with E-state index >= 15 is 0 Å². The van der Waals surface area contributed by atoms with Gasteiger partial charge in [-0.25, -0.2) is 9.67 Å². The molecule has 0 saturated heterocycles. The van der Waals surface area contributed by atoms with Gasteiger partial charge in [0.25, 0.3) is 11.5 Å². The molecule has 23 heavy (non-hydrogen) atoms. The predicted octanol–water partition coefficient (Wildman–Crippen LogP) is 1.22. The summed E-state index contributed by atoms with van der Waals surface area (Å²) in [6.45, 7) is 0. The van der Waals surface area contributed by atoms with E-state index in [1.807, 2.05) is 0 Å². The number of benzene rings is 1. The monoisotopic (exact) mass is 311 g/mol. The van der Waals surface area contributed by atoms with E-state index in [1.54, 1.807) is 31.4 Å². The minimum Gasteiger partial charge on any atom is -0.497 e. The van der Waals surface area contributed by atoms with E-state index in [-0.39, 0.29) is 16.9 Å². The van der Waals surface area contributed by atoms with Crippen molar-refractivity contribution in [2.24, 2.45) is 0 Å². The van der Waals surface area contributed by atoms with E-state index in [1.165, 1.54) is 29.5 Å². The van der Waals surface area contributed by atoms with Crippen LogP contribution in [0.5, 0.6) is 5.75 Å². The first kappa shape index (κ1) is 14.5. The summed E-state index contributed by atoms with van der Waals surface area (Å²) in [6.07, 6.45) is 5.61. The molecule has 2 N–H and O–H groups in total. The van der Waals surface area contributed by atoms with Gasteiger partial charge in [0.1, 0.15) is 17.1 Å². The molecule has 8 nitrogen and oxygen atoms in total. The van der Waals surface area contributed by atoms with Crippen LogP contribution in [-0.4, -0.2) is 32.8 Å². The van der Waals surface area contributed by atoms with Gasteiger partial charge >= 0.3 is 0 Å². The molecule has 0 aliphatic heterocycles. The number of hydrogen-bond acceptors (Lipinski definition) is 5. The molecule has 116 valence electrons. The van der Waals surface area contributed by atoms with Gasteiger partial charge in [-0.15, -0.1) is 0 Å². The smallest absolute Gasteiger partial charge is 0.294 e. The fourth-order valence-corrected chi connectivity index (χ4v) is 1.99. The number of anilines is 1. The Morgan fingerprint density at radius 1 is 1.26 bits per heavy atom. The van der Waals surface area contributed by atoms with Gasteiger partial charge in [-0.05, 0) is 24.3 Å². The maximum absolute atomic E-state index is 12.3. The number of amides is 1. The molecule has 0 atom stereocenters. The number of aromatic amines is 1. The predicted molar refractivity (Wildman–Crippen MR) is 82.9 cm³/mol. The zero-order valence-electron chi connectivity index (χ0n) is 12.2. The topological polar surface area (TPSA) is 102 Å². The van der Waals surface area contributed by atoms with E-state index < -0.39 is 5.91 Å². The number of nitrogens with one attached hydrogen (secondary N) is 2. The van der Waals surface area contributed by atoms with E-state index in [9.17, 15) is 9.59 Å². The number of nitrogens with zero attached hydrogens (tertiary/aromatic N) is 3. The zero-order chi connectivity index (χ0) is 16.2. The summed E-state index contributed by atoms with van der Waals surface area (Å²) in [4.78, 5) is 32.0. The molecular weight excluding hydrogens is 298 g/mol. The Bertz CT molecular complexity index is 868. The summed E-state index contributed by atoms with van der Waals surface area (Å²) in [5.41, 5.74) is 0.490. The first-order valence-electron chi connectivity index (χ1n) is 6.71. The summed E-state index contributed by atoms with van der Waals surface area (Å²) in [5.74, 6) is 0.181. The van der Waals surface area contributed by atoms with E-state index in [2.05, 4.69) is 20.4 Å². The molecule has 8 heteroatoms. The lowest BCUT2D eigenvalue weighted by atomic mass is 10.3. The molecule has 0 fully saturated rings. The van der Waals surface area contributed by atoms with E-state index in [0.717, 1.165) is 0 Å². The van der Waals surface area contributed by atoms with Crippen molar-refractivity contribution >= 4 is 11.6 Å². The molecule has 0 spiro atoms. The first-order valence-corrected chi connectivity index (χ1v) is 6.71. The Hall–Kier alpha value is -3.42. The molecule has 1 amide bonds. The van der Waals surface area contributed by atoms with Gasteiger partial charge in [0.15, 0.2) is 0 Å². The normalized spacial score (nSPS) is 10.3. The lowest BCUT2D eigenvalue weighted by Gasteiger charge is -2.03. The highest BCUT2D eigenvalue weighted by Gasteiger charge is 2.13. The summed E-state index contributed by atoms with van der Waals surface area (Å²) in [7, 11) is 1.57. The van der Waals surface area contributed by atoms with Gasteiger partial charge < -0.3 is 10.1 Å². The molecule has 1 aromatic carbocycles. The standard InChI is InChI=1S/C15H13N5O3/c1-23-11-4-2-10(3-5-11)20-15(22)13(9-18-20)19-14(21)12-8-16-6-7-17-12/h2-9,18H,1H3,(H,19,21). The van der Waals surface area contributed by atoms with Gasteiger partial charge in [0, 0.05) is 18.6 Å². The number of aromatic nitrogens is 4. The third-order valence-corrected chi connectivity index (χ3v) is 3.15. The highest BCUT2D eigenvalue weighted by molar-refractivity contribution is 6.02. The van der Waals surface area contributed by atoms with Crippen molar-refractivity contribution in [2.45, 2.75) is 0 Å². The summed E-state index contributed by atoms with van der Waals surface area (Å²) >= 11 is 0. The summed E-state index contributed by atoms with van der Waals surface area (Å²) < 4.78 is 6.39. The second kappa shape index (κ2) is 6.14. The third-order valence-electron chi connectivity index (χ3n) is 3.15. The fraction of sp³-hybridized carbons (Fsp3) is 0.0667. The second-order valence-corrected chi connectivity index (χ2v) is 4.57. The average molecular weight is 311 g/mol. The Kier molecular flexibility index (Phi) is 3.88. The molecule has 3 rings (SSSR count). The Labute approximate surface area is 130 Å². The van der Waals surface area contributed by atoms with Gasteiger partial charge in [-0.2, -0.15) is 0 Å². The van der Waals surface area contributed by atoms with Crippen LogP contribution >= 0.6 is 0 Å². The zero-order valence-corrected chi connectivity index (χ0v) is 12.2. The molecule has 0 unspecified atom stereocenters. The van der Waals surface area contributed by atoms with Crippen LogP contribution in [0.25, 0.3) is 5.69 Å². The molecule has 0 bridgehead atoms. The van der Waals surface area contributed by atoms with Crippen LogP contribution in [0.3, 0.4) is 0 Å². The van der Waals surface area contributed by atoms with Gasteiger partial charge in [0.2, 0.25) is 0 Å². The fourth-order valence-electron chi connectivity index (χ4n) is 1.99. The molecule has 0 aliphatic rings. The van der Waals surface area contributed by atoms with Crippen LogP contribution in [-0.2, 0) is 0 Å². The van der Waals surface area contributed by atoms with E-state index in [4.69, 9.17) is 4.74 Å². The van der Waals surface area contributed by atoms with Gasteiger partial charge in [0.05, 0.1) is 19.0 Å². The van der Waals surface area contributed by atoms with Crippen LogP contribution in [0.2, 0.25) is 0 Å². The van der Waals surface area contributed by atoms with Gasteiger partial charge in [-0.1, -0.05) is 0 Å². The molecule has 0 radical (unpaired) electrons. The number of carbonyl (C=O) groups is 1. The minimum absolute atomic E-state index is 0.122. The Balaban J connectivity index is 1.84. The quantitative estimate of drug-likeness (QED) is 0.754. The molecule has 0 aliphatic carbocycles. The highest BCUT2D eigenvalue weighted by Crippen LogP contribution is 2.13. The number of H-pyrrole nitrogens is 1. The van der Waals surface area contributed by atoms with Crippen molar-refractivity contribution in [2.75, 3.05) is 12.4 Å². The van der Waals surface area contributed by atoms with Crippen LogP contribution in [0.15, 0.2) is 53.8 Å². The SMILES string of the molecule is COc1ccc(-n2[nH]cc(NC(=O)c3cnccn3)c2=O)cc1. The summed E-state index contributed by atoms with van der Waals surface area (Å²) in [6, 6.07) is 6.93. The molecule has 2 heterocycles. The van der Waals surface area contributed by atoms with Crippen LogP contribution in [0.4, 0.5) is 5.69 Å². The number of methoxy groups -OCH3 is 1. The van der Waals surface area contributed by atoms with Crippen LogP contribution < -0.4 is 15.6 Å². The average Bonchev–Trinajstić information content (AvgIpc) is 2.96. The van der Waals surface area contributed by atoms with Crippen molar-refractivity contribution in [3.63, 3.8) is 0 Å². The number of rotatable bonds is 4. The lowest BCUT2D eigenvalue weighted by Crippen LogP contribution is -2.21. The lowest BCUT2D eigenvalue weighted by molar-refractivity contribution is 0.102. The molecular formula is C15H13N5O3. The number of ether oxygens (including phenoxy) is 1. The third kappa shape index (κ3) is 2.95. The number of hydrogen-bond donors (Lipinski definition) is 2. The largest absolute Gasteiger partial charge is 0.497 e. The Morgan fingerprint density at radius 2 is 2.04 bits per heavy atom. The molecule has 0 saturated carbocycles. The van der Waals surface area contributed by atoms with Crippen molar-refractivity contribution in [1.29, 1.82) is 0 Å². The van der Waals surface area contributed by atoms with Crippen LogP contribution in [0, 0.1) is 0 Å². The first-order chi connectivity index (χ1) is 11.2. The van der Waals surface area contributed by atoms with Crippen molar-refractivity contribution in [1.82, 2.24) is 19.7 Å². The van der Waals surface area contributed by atoms with Crippen molar-refractivity contribution in [3.05, 3.63) is 65.1 Å². The highest BCUT2D eigenvalue weighted by atomic mass is 16.5. The van der Waals surface area contributed by atoms with Crippen molar-refractivity contribution < 1.29 is 9.53 Å². The van der Waals surface area contributed by atoms with Crippen LogP contribution in [0.1, 0.15) is 10.5 Å². The molecule has 3 aromatic rings. The minimum atomic E-state index is -0.504. The maximum atomic E-state index is 12.3. The maximum Gasteiger partial charge on any atom is 0.294 e. The van der Waals surface area contributed by atoms with E-state index in [0.29, 0.717) is 11.4 Å². The second-order valence-electron chi connectivity index (χ2n) is 4.57. The Morgan fingerprint density at radius 3 is 2.70 bits per heavy atom. The number of carbonyl (C=O) groups excluding carboxylic acids is 1. The molecule has 2 aromatic heterocycles. The van der Waals surface area contributed by atoms with Crippen molar-refractivity contribution in [3.8, 4) is 11.4 Å².